The van der Waals surface area contributed by atoms with E-state index in [4.69, 9.17) is 9.79 Å². The Bertz CT molecular complexity index is 794. The maximum atomic E-state index is 12.4. The highest BCUT2D eigenvalue weighted by Gasteiger charge is 2.25. The average Bonchev–Trinajstić information content (AvgIpc) is 2.80. The van der Waals surface area contributed by atoms with Crippen LogP contribution in [0.1, 0.15) is 31.0 Å². The minimum absolute atomic E-state index is 0.0589. The van der Waals surface area contributed by atoms with Gasteiger partial charge in [-0.2, -0.15) is 0 Å². The highest BCUT2D eigenvalue weighted by atomic mass is 79.9. The molecule has 1 amide bonds. The smallest absolute Gasteiger partial charge is 0.292 e. The maximum absolute atomic E-state index is 12.4. The lowest BCUT2D eigenvalue weighted by molar-refractivity contribution is -0.126. The SMILES string of the molecule is CCC[C@@H]1N=C(c2ccccn2)c2cc(Br)ccc2NC1=O.COC=O. The minimum atomic E-state index is -0.381. The molecular formula is C19H20BrN3O3. The summed E-state index contributed by atoms with van der Waals surface area (Å²) in [6.07, 6.45) is 3.36. The van der Waals surface area contributed by atoms with Gasteiger partial charge in [0.05, 0.1) is 24.2 Å². The van der Waals surface area contributed by atoms with Crippen molar-refractivity contribution in [3.63, 3.8) is 0 Å². The van der Waals surface area contributed by atoms with Crippen LogP contribution in [0.15, 0.2) is 52.1 Å². The second-order valence-corrected chi connectivity index (χ2v) is 6.42. The van der Waals surface area contributed by atoms with Crippen molar-refractivity contribution in [1.29, 1.82) is 0 Å². The van der Waals surface area contributed by atoms with Gasteiger partial charge in [0.1, 0.15) is 6.04 Å². The van der Waals surface area contributed by atoms with Crippen LogP contribution in [0.5, 0.6) is 0 Å². The Morgan fingerprint density at radius 2 is 2.08 bits per heavy atom. The Morgan fingerprint density at radius 3 is 2.69 bits per heavy atom. The number of benzene rings is 1. The number of anilines is 1. The topological polar surface area (TPSA) is 80.7 Å². The second-order valence-electron chi connectivity index (χ2n) is 5.51. The molecule has 2 aromatic rings. The third-order valence-corrected chi connectivity index (χ3v) is 4.14. The van der Waals surface area contributed by atoms with Crippen LogP contribution >= 0.6 is 15.9 Å². The number of carbonyl (C=O) groups excluding carboxylic acids is 2. The summed E-state index contributed by atoms with van der Waals surface area (Å²) < 4.78 is 4.80. The first kappa shape index (κ1) is 19.8. The predicted octanol–water partition coefficient (Wildman–Crippen LogP) is 3.59. The molecule has 0 unspecified atom stereocenters. The molecule has 1 atom stereocenters. The number of hydrogen-bond acceptors (Lipinski definition) is 5. The van der Waals surface area contributed by atoms with Crippen molar-refractivity contribution >= 4 is 39.7 Å². The number of benzodiazepines with no additional fused rings is 1. The number of pyridine rings is 1. The third kappa shape index (κ3) is 4.98. The Hall–Kier alpha value is -2.54. The van der Waals surface area contributed by atoms with E-state index >= 15 is 0 Å². The lowest BCUT2D eigenvalue weighted by atomic mass is 10.0. The Labute approximate surface area is 160 Å². The molecule has 1 aromatic heterocycles. The fraction of sp³-hybridized carbons (Fsp3) is 0.263. The molecule has 0 bridgehead atoms. The van der Waals surface area contributed by atoms with Crippen molar-refractivity contribution in [2.24, 2.45) is 4.99 Å². The van der Waals surface area contributed by atoms with Gasteiger partial charge in [-0.05, 0) is 36.8 Å². The molecule has 1 N–H and O–H groups in total. The number of hydrogen-bond donors (Lipinski definition) is 1. The van der Waals surface area contributed by atoms with Crippen LogP contribution in [0, 0.1) is 0 Å². The summed E-state index contributed by atoms with van der Waals surface area (Å²) >= 11 is 3.49. The molecule has 6 nitrogen and oxygen atoms in total. The van der Waals surface area contributed by atoms with Gasteiger partial charge < -0.3 is 10.1 Å². The zero-order chi connectivity index (χ0) is 18.9. The van der Waals surface area contributed by atoms with E-state index in [-0.39, 0.29) is 11.9 Å². The van der Waals surface area contributed by atoms with Gasteiger partial charge in [-0.3, -0.25) is 19.6 Å². The summed E-state index contributed by atoms with van der Waals surface area (Å²) in [7, 11) is 1.31. The molecule has 136 valence electrons. The molecular weight excluding hydrogens is 398 g/mol. The first-order valence-electron chi connectivity index (χ1n) is 8.17. The Kier molecular flexibility index (Phi) is 7.47. The van der Waals surface area contributed by atoms with Crippen LogP contribution in [-0.4, -0.2) is 36.2 Å². The van der Waals surface area contributed by atoms with Crippen molar-refractivity contribution in [2.45, 2.75) is 25.8 Å². The monoisotopic (exact) mass is 417 g/mol. The van der Waals surface area contributed by atoms with Gasteiger partial charge in [-0.25, -0.2) is 0 Å². The zero-order valence-electron chi connectivity index (χ0n) is 14.6. The lowest BCUT2D eigenvalue weighted by Gasteiger charge is -2.09. The molecule has 2 heterocycles. The fourth-order valence-electron chi connectivity index (χ4n) is 2.50. The van der Waals surface area contributed by atoms with E-state index in [9.17, 15) is 4.79 Å². The first-order valence-corrected chi connectivity index (χ1v) is 8.96. The summed E-state index contributed by atoms with van der Waals surface area (Å²) in [5.41, 5.74) is 3.20. The van der Waals surface area contributed by atoms with E-state index < -0.39 is 0 Å². The van der Waals surface area contributed by atoms with Crippen LogP contribution in [-0.2, 0) is 14.3 Å². The molecule has 0 saturated heterocycles. The van der Waals surface area contributed by atoms with Crippen molar-refractivity contribution in [2.75, 3.05) is 12.4 Å². The number of halogens is 1. The molecule has 1 aliphatic rings. The molecule has 1 aliphatic heterocycles. The highest BCUT2D eigenvalue weighted by Crippen LogP contribution is 2.27. The van der Waals surface area contributed by atoms with Gasteiger partial charge in [0, 0.05) is 16.2 Å². The van der Waals surface area contributed by atoms with Crippen molar-refractivity contribution in [3.8, 4) is 0 Å². The maximum Gasteiger partial charge on any atom is 0.292 e. The molecule has 26 heavy (non-hydrogen) atoms. The van der Waals surface area contributed by atoms with Crippen LogP contribution in [0.2, 0.25) is 0 Å². The number of methoxy groups -OCH3 is 1. The Balaban J connectivity index is 0.000000552. The number of fused-ring (bicyclic) bond motifs is 1. The Morgan fingerprint density at radius 1 is 1.31 bits per heavy atom. The summed E-state index contributed by atoms with van der Waals surface area (Å²) in [5, 5.41) is 2.98. The number of nitrogens with zero attached hydrogens (tertiary/aromatic N) is 2. The van der Waals surface area contributed by atoms with Crippen molar-refractivity contribution in [3.05, 3.63) is 58.3 Å². The fourth-order valence-corrected chi connectivity index (χ4v) is 2.86. The number of nitrogens with one attached hydrogen (secondary N) is 1. The van der Waals surface area contributed by atoms with Gasteiger partial charge in [-0.15, -0.1) is 0 Å². The van der Waals surface area contributed by atoms with Gasteiger partial charge in [0.15, 0.2) is 0 Å². The number of carbonyl (C=O) groups is 2. The molecule has 3 rings (SSSR count). The van der Waals surface area contributed by atoms with E-state index in [2.05, 4.69) is 37.9 Å². The molecule has 1 aromatic carbocycles. The first-order chi connectivity index (χ1) is 12.6. The van der Waals surface area contributed by atoms with Crippen LogP contribution < -0.4 is 5.32 Å². The molecule has 0 spiro atoms. The molecule has 0 saturated carbocycles. The second kappa shape index (κ2) is 9.82. The van der Waals surface area contributed by atoms with E-state index in [0.717, 1.165) is 40.0 Å². The highest BCUT2D eigenvalue weighted by molar-refractivity contribution is 9.10. The lowest BCUT2D eigenvalue weighted by Crippen LogP contribution is -2.25. The number of ether oxygens (including phenoxy) is 1. The predicted molar refractivity (Wildman–Crippen MR) is 104 cm³/mol. The van der Waals surface area contributed by atoms with Crippen molar-refractivity contribution < 1.29 is 14.3 Å². The van der Waals surface area contributed by atoms with E-state index in [1.54, 1.807) is 6.20 Å². The summed E-state index contributed by atoms with van der Waals surface area (Å²) in [6, 6.07) is 11.1. The van der Waals surface area contributed by atoms with Crippen LogP contribution in [0.4, 0.5) is 5.69 Å². The van der Waals surface area contributed by atoms with E-state index in [1.807, 2.05) is 36.4 Å². The largest absolute Gasteiger partial charge is 0.471 e. The van der Waals surface area contributed by atoms with Crippen LogP contribution in [0.3, 0.4) is 0 Å². The van der Waals surface area contributed by atoms with Gasteiger partial charge in [0.25, 0.3) is 6.47 Å². The summed E-state index contributed by atoms with van der Waals surface area (Å²) in [4.78, 5) is 30.5. The number of amides is 1. The average molecular weight is 418 g/mol. The normalized spacial score (nSPS) is 15.4. The van der Waals surface area contributed by atoms with Gasteiger partial charge in [0.2, 0.25) is 5.91 Å². The number of aromatic nitrogens is 1. The standard InChI is InChI=1S/C17H16BrN3O.C2H4O2/c1-2-5-15-17(22)21-13-8-7-11(18)10-12(13)16(20-15)14-6-3-4-9-19-14;1-4-2-3/h3-4,6-10,15H,2,5H2,1H3,(H,21,22);2H,1H3/t15-;/m0./s1. The third-order valence-electron chi connectivity index (χ3n) is 3.65. The quantitative estimate of drug-likeness (QED) is 0.770. The van der Waals surface area contributed by atoms with Gasteiger partial charge in [-0.1, -0.05) is 35.3 Å². The van der Waals surface area contributed by atoms with E-state index in [0.29, 0.717) is 6.47 Å². The molecule has 7 heteroatoms. The number of rotatable bonds is 4. The molecule has 0 aliphatic carbocycles. The summed E-state index contributed by atoms with van der Waals surface area (Å²) in [5.74, 6) is -0.0589. The molecule has 0 radical (unpaired) electrons. The minimum Gasteiger partial charge on any atom is -0.471 e. The zero-order valence-corrected chi connectivity index (χ0v) is 16.2. The molecule has 0 fully saturated rings. The van der Waals surface area contributed by atoms with E-state index in [1.165, 1.54) is 7.11 Å². The number of aliphatic imine (C=N–C) groups is 1. The van der Waals surface area contributed by atoms with Gasteiger partial charge >= 0.3 is 0 Å². The summed E-state index contributed by atoms with van der Waals surface area (Å²) in [6.45, 7) is 2.43. The van der Waals surface area contributed by atoms with Crippen LogP contribution in [0.25, 0.3) is 0 Å². The van der Waals surface area contributed by atoms with Crippen molar-refractivity contribution in [1.82, 2.24) is 4.98 Å².